The third-order valence-corrected chi connectivity index (χ3v) is 3.06. The molecule has 0 N–H and O–H groups in total. The molecule has 0 unspecified atom stereocenters. The minimum atomic E-state index is -0.503. The molecule has 21 heavy (non-hydrogen) atoms. The van der Waals surface area contributed by atoms with E-state index in [9.17, 15) is 4.79 Å². The van der Waals surface area contributed by atoms with Crippen molar-refractivity contribution >= 4 is 11.5 Å². The number of rotatable bonds is 4. The number of allylic oxidation sites excluding steroid dienone is 2. The molecule has 0 fully saturated rings. The number of esters is 1. The van der Waals surface area contributed by atoms with Crippen molar-refractivity contribution in [3.05, 3.63) is 53.3 Å². The van der Waals surface area contributed by atoms with Crippen molar-refractivity contribution in [3.8, 4) is 0 Å². The van der Waals surface area contributed by atoms with Crippen LogP contribution >= 0.6 is 0 Å². The lowest BCUT2D eigenvalue weighted by molar-refractivity contribution is -0.150. The standard InChI is InChI=1S/C18H22O3/c1-5-20-16-12-14(13-9-7-6-8-10-13)11-15(16)17(19)21-18(2,3)4/h6-10,12H,5,11H2,1-4H3. The molecule has 1 aliphatic carbocycles. The van der Waals surface area contributed by atoms with E-state index in [1.54, 1.807) is 0 Å². The highest BCUT2D eigenvalue weighted by Gasteiger charge is 2.28. The second kappa shape index (κ2) is 6.17. The summed E-state index contributed by atoms with van der Waals surface area (Å²) in [6.07, 6.45) is 2.49. The third kappa shape index (κ3) is 3.97. The summed E-state index contributed by atoms with van der Waals surface area (Å²) in [5, 5.41) is 0. The molecular formula is C18H22O3. The van der Waals surface area contributed by atoms with E-state index in [-0.39, 0.29) is 5.97 Å². The van der Waals surface area contributed by atoms with E-state index in [4.69, 9.17) is 9.47 Å². The average Bonchev–Trinajstić information content (AvgIpc) is 2.82. The molecule has 1 aromatic rings. The smallest absolute Gasteiger partial charge is 0.338 e. The van der Waals surface area contributed by atoms with Gasteiger partial charge in [0.25, 0.3) is 0 Å². The van der Waals surface area contributed by atoms with Gasteiger partial charge in [0, 0.05) is 6.42 Å². The summed E-state index contributed by atoms with van der Waals surface area (Å²) >= 11 is 0. The molecule has 2 rings (SSSR count). The summed E-state index contributed by atoms with van der Waals surface area (Å²) in [7, 11) is 0. The molecule has 0 bridgehead atoms. The maximum Gasteiger partial charge on any atom is 0.338 e. The van der Waals surface area contributed by atoms with E-state index < -0.39 is 5.60 Å². The van der Waals surface area contributed by atoms with Crippen molar-refractivity contribution in [2.24, 2.45) is 0 Å². The summed E-state index contributed by atoms with van der Waals surface area (Å²) < 4.78 is 11.1. The first-order valence-electron chi connectivity index (χ1n) is 7.26. The van der Waals surface area contributed by atoms with Crippen LogP contribution in [0.1, 0.15) is 39.7 Å². The van der Waals surface area contributed by atoms with Crippen LogP contribution in [0.25, 0.3) is 5.57 Å². The Hall–Kier alpha value is -2.03. The first-order valence-corrected chi connectivity index (χ1v) is 7.26. The zero-order chi connectivity index (χ0) is 15.5. The fourth-order valence-electron chi connectivity index (χ4n) is 2.21. The van der Waals surface area contributed by atoms with Gasteiger partial charge in [0.15, 0.2) is 0 Å². The quantitative estimate of drug-likeness (QED) is 0.781. The van der Waals surface area contributed by atoms with Crippen LogP contribution < -0.4 is 0 Å². The minimum Gasteiger partial charge on any atom is -0.493 e. The maximum absolute atomic E-state index is 12.3. The molecule has 0 aromatic heterocycles. The van der Waals surface area contributed by atoms with Gasteiger partial charge in [-0.05, 0) is 44.9 Å². The van der Waals surface area contributed by atoms with Crippen molar-refractivity contribution in [1.82, 2.24) is 0 Å². The molecule has 0 aliphatic heterocycles. The van der Waals surface area contributed by atoms with Crippen LogP contribution in [0.2, 0.25) is 0 Å². The SMILES string of the molecule is CCOC1=C(C(=O)OC(C)(C)C)CC(c2ccccc2)=C1. The normalized spacial score (nSPS) is 15.0. The molecule has 0 heterocycles. The Morgan fingerprint density at radius 1 is 1.19 bits per heavy atom. The molecule has 112 valence electrons. The largest absolute Gasteiger partial charge is 0.493 e. The fraction of sp³-hybridized carbons (Fsp3) is 0.389. The van der Waals surface area contributed by atoms with Crippen molar-refractivity contribution in [2.75, 3.05) is 6.61 Å². The number of carbonyl (C=O) groups excluding carboxylic acids is 1. The topological polar surface area (TPSA) is 35.5 Å². The molecule has 0 radical (unpaired) electrons. The van der Waals surface area contributed by atoms with Gasteiger partial charge in [-0.3, -0.25) is 0 Å². The van der Waals surface area contributed by atoms with E-state index >= 15 is 0 Å². The van der Waals surface area contributed by atoms with Gasteiger partial charge in [0.2, 0.25) is 0 Å². The number of carbonyl (C=O) groups is 1. The van der Waals surface area contributed by atoms with E-state index in [1.165, 1.54) is 0 Å². The summed E-state index contributed by atoms with van der Waals surface area (Å²) in [6.45, 7) is 8.04. The van der Waals surface area contributed by atoms with Gasteiger partial charge in [-0.25, -0.2) is 4.79 Å². The van der Waals surface area contributed by atoms with E-state index in [2.05, 4.69) is 0 Å². The lowest BCUT2D eigenvalue weighted by atomic mass is 10.0. The van der Waals surface area contributed by atoms with Crippen molar-refractivity contribution in [3.63, 3.8) is 0 Å². The Morgan fingerprint density at radius 2 is 1.86 bits per heavy atom. The number of hydrogen-bond acceptors (Lipinski definition) is 3. The van der Waals surface area contributed by atoms with Crippen LogP contribution in [-0.4, -0.2) is 18.2 Å². The Bertz CT molecular complexity index is 574. The predicted molar refractivity (Wildman–Crippen MR) is 83.5 cm³/mol. The highest BCUT2D eigenvalue weighted by molar-refractivity contribution is 5.95. The molecule has 3 nitrogen and oxygen atoms in total. The summed E-state index contributed by atoms with van der Waals surface area (Å²) in [5.41, 5.74) is 2.29. The lowest BCUT2D eigenvalue weighted by Gasteiger charge is -2.20. The first kappa shape index (κ1) is 15.4. The minimum absolute atomic E-state index is 0.298. The van der Waals surface area contributed by atoms with Crippen molar-refractivity contribution in [2.45, 2.75) is 39.7 Å². The van der Waals surface area contributed by atoms with Crippen LogP contribution in [-0.2, 0) is 14.3 Å². The lowest BCUT2D eigenvalue weighted by Crippen LogP contribution is -2.25. The van der Waals surface area contributed by atoms with E-state index in [1.807, 2.05) is 64.1 Å². The maximum atomic E-state index is 12.3. The van der Waals surface area contributed by atoms with Gasteiger partial charge < -0.3 is 9.47 Å². The Balaban J connectivity index is 2.22. The van der Waals surface area contributed by atoms with Crippen LogP contribution in [0.4, 0.5) is 0 Å². The molecule has 0 saturated carbocycles. The van der Waals surface area contributed by atoms with Gasteiger partial charge in [-0.2, -0.15) is 0 Å². The highest BCUT2D eigenvalue weighted by atomic mass is 16.6. The fourth-order valence-corrected chi connectivity index (χ4v) is 2.21. The van der Waals surface area contributed by atoms with Crippen LogP contribution in [0.5, 0.6) is 0 Å². The monoisotopic (exact) mass is 286 g/mol. The summed E-state index contributed by atoms with van der Waals surface area (Å²) in [5.74, 6) is 0.332. The van der Waals surface area contributed by atoms with Gasteiger partial charge in [-0.15, -0.1) is 0 Å². The van der Waals surface area contributed by atoms with Crippen LogP contribution in [0.15, 0.2) is 47.7 Å². The number of hydrogen-bond donors (Lipinski definition) is 0. The van der Waals surface area contributed by atoms with E-state index in [0.29, 0.717) is 24.4 Å². The number of ether oxygens (including phenoxy) is 2. The molecular weight excluding hydrogens is 264 g/mol. The second-order valence-corrected chi connectivity index (χ2v) is 5.99. The van der Waals surface area contributed by atoms with Gasteiger partial charge in [0.05, 0.1) is 12.2 Å². The molecule has 1 aromatic carbocycles. The zero-order valence-electron chi connectivity index (χ0n) is 13.1. The molecule has 3 heteroatoms. The highest BCUT2D eigenvalue weighted by Crippen LogP contribution is 2.34. The van der Waals surface area contributed by atoms with Gasteiger partial charge in [-0.1, -0.05) is 30.3 Å². The van der Waals surface area contributed by atoms with Gasteiger partial charge >= 0.3 is 5.97 Å². The molecule has 0 amide bonds. The summed E-state index contributed by atoms with van der Waals surface area (Å²) in [4.78, 5) is 12.3. The molecule has 0 spiro atoms. The van der Waals surface area contributed by atoms with Crippen molar-refractivity contribution in [1.29, 1.82) is 0 Å². The Kier molecular flexibility index (Phi) is 4.51. The zero-order valence-corrected chi connectivity index (χ0v) is 13.1. The second-order valence-electron chi connectivity index (χ2n) is 5.99. The summed E-state index contributed by atoms with van der Waals surface area (Å²) in [6, 6.07) is 10.0. The Labute approximate surface area is 126 Å². The van der Waals surface area contributed by atoms with Gasteiger partial charge in [0.1, 0.15) is 11.4 Å². The number of benzene rings is 1. The molecule has 0 saturated heterocycles. The molecule has 0 atom stereocenters. The third-order valence-electron chi connectivity index (χ3n) is 3.06. The average molecular weight is 286 g/mol. The predicted octanol–water partition coefficient (Wildman–Crippen LogP) is 4.11. The van der Waals surface area contributed by atoms with E-state index in [0.717, 1.165) is 11.1 Å². The Morgan fingerprint density at radius 3 is 2.43 bits per heavy atom. The first-order chi connectivity index (χ1) is 9.90. The molecule has 1 aliphatic rings. The van der Waals surface area contributed by atoms with Crippen LogP contribution in [0.3, 0.4) is 0 Å². The van der Waals surface area contributed by atoms with Crippen LogP contribution in [0, 0.1) is 0 Å². The van der Waals surface area contributed by atoms with Crippen molar-refractivity contribution < 1.29 is 14.3 Å².